The molecular weight excluding hydrogens is 310 g/mol. The van der Waals surface area contributed by atoms with Gasteiger partial charge in [-0.1, -0.05) is 48.0 Å². The summed E-state index contributed by atoms with van der Waals surface area (Å²) in [5, 5.41) is 9.78. The molecule has 0 N–H and O–H groups in total. The zero-order valence-electron chi connectivity index (χ0n) is 14.4. The Bertz CT molecular complexity index is 955. The third kappa shape index (κ3) is 3.36. The third-order valence-electron chi connectivity index (χ3n) is 4.22. The van der Waals surface area contributed by atoms with Crippen LogP contribution in [0.1, 0.15) is 22.8 Å². The van der Waals surface area contributed by atoms with E-state index in [0.29, 0.717) is 12.1 Å². The molecule has 25 heavy (non-hydrogen) atoms. The number of nitrogens with zero attached hydrogens (tertiary/aromatic N) is 3. The van der Waals surface area contributed by atoms with Gasteiger partial charge in [-0.05, 0) is 26.0 Å². The number of rotatable bonds is 4. The minimum atomic E-state index is -0.143. The Kier molecular flexibility index (Phi) is 4.76. The number of aryl methyl sites for hydroxylation is 1. The Morgan fingerprint density at radius 2 is 1.88 bits per heavy atom. The number of benzene rings is 2. The van der Waals surface area contributed by atoms with Crippen molar-refractivity contribution in [1.82, 2.24) is 9.88 Å². The smallest absolute Gasteiger partial charge is 0.255 e. The Labute approximate surface area is 147 Å². The highest BCUT2D eigenvalue weighted by molar-refractivity contribution is 6.07. The molecule has 0 fully saturated rings. The van der Waals surface area contributed by atoms with Crippen molar-refractivity contribution in [2.45, 2.75) is 13.8 Å². The molecule has 0 aliphatic carbocycles. The molecule has 3 aromatic rings. The van der Waals surface area contributed by atoms with Gasteiger partial charge in [0, 0.05) is 17.5 Å². The maximum atomic E-state index is 13.0. The maximum absolute atomic E-state index is 13.0. The van der Waals surface area contributed by atoms with E-state index in [9.17, 15) is 4.79 Å². The first-order valence-electron chi connectivity index (χ1n) is 8.27. The van der Waals surface area contributed by atoms with E-state index in [2.05, 4.69) is 6.07 Å². The zero-order valence-corrected chi connectivity index (χ0v) is 14.4. The minimum absolute atomic E-state index is 0.0752. The number of hydrogen-bond donors (Lipinski definition) is 0. The molecule has 2 aromatic carbocycles. The van der Waals surface area contributed by atoms with Crippen molar-refractivity contribution in [3.8, 4) is 17.3 Å². The summed E-state index contributed by atoms with van der Waals surface area (Å²) in [5.74, 6) is -0.143. The van der Waals surface area contributed by atoms with Gasteiger partial charge in [-0.15, -0.1) is 0 Å². The fourth-order valence-electron chi connectivity index (χ4n) is 2.81. The number of pyridine rings is 1. The third-order valence-corrected chi connectivity index (χ3v) is 4.22. The van der Waals surface area contributed by atoms with Crippen LogP contribution in [0.5, 0.6) is 0 Å². The van der Waals surface area contributed by atoms with E-state index in [4.69, 9.17) is 10.2 Å². The highest BCUT2D eigenvalue weighted by Gasteiger charge is 2.18. The van der Waals surface area contributed by atoms with E-state index in [0.717, 1.165) is 22.2 Å². The van der Waals surface area contributed by atoms with E-state index < -0.39 is 0 Å². The van der Waals surface area contributed by atoms with Crippen molar-refractivity contribution in [3.05, 3.63) is 65.7 Å². The topological polar surface area (TPSA) is 57.0 Å². The molecule has 4 heteroatoms. The average molecular weight is 329 g/mol. The lowest BCUT2D eigenvalue weighted by atomic mass is 10.0. The summed E-state index contributed by atoms with van der Waals surface area (Å²) < 4.78 is 0. The van der Waals surface area contributed by atoms with Gasteiger partial charge < -0.3 is 4.90 Å². The number of fused-ring (bicyclic) bond motifs is 1. The molecule has 1 amide bonds. The Balaban J connectivity index is 2.18. The van der Waals surface area contributed by atoms with Crippen LogP contribution in [0.15, 0.2) is 54.6 Å². The molecule has 3 rings (SSSR count). The van der Waals surface area contributed by atoms with Gasteiger partial charge in [-0.25, -0.2) is 4.98 Å². The molecule has 0 unspecified atom stereocenters. The summed E-state index contributed by atoms with van der Waals surface area (Å²) in [6.45, 7) is 4.47. The van der Waals surface area contributed by atoms with Gasteiger partial charge in [-0.3, -0.25) is 4.79 Å². The highest BCUT2D eigenvalue weighted by atomic mass is 16.2. The first kappa shape index (κ1) is 16.7. The number of carbonyl (C=O) groups is 1. The summed E-state index contributed by atoms with van der Waals surface area (Å²) in [6, 6.07) is 19.6. The monoisotopic (exact) mass is 329 g/mol. The fourth-order valence-corrected chi connectivity index (χ4v) is 2.81. The van der Waals surface area contributed by atoms with Gasteiger partial charge >= 0.3 is 0 Å². The number of amides is 1. The number of nitriles is 1. The molecule has 0 saturated carbocycles. The number of para-hydroxylation sites is 1. The SMILES string of the molecule is CCN(CC#N)C(=O)c1cc(-c2ccc(C)cc2)nc2ccccc12. The van der Waals surface area contributed by atoms with Crippen LogP contribution in [0, 0.1) is 18.3 Å². The van der Waals surface area contributed by atoms with Crippen molar-refractivity contribution in [2.24, 2.45) is 0 Å². The number of hydrogen-bond acceptors (Lipinski definition) is 3. The summed E-state index contributed by atoms with van der Waals surface area (Å²) in [6.07, 6.45) is 0. The molecule has 0 saturated heterocycles. The van der Waals surface area contributed by atoms with Crippen molar-refractivity contribution >= 4 is 16.8 Å². The predicted octanol–water partition coefficient (Wildman–Crippen LogP) is 4.20. The molecule has 0 aliphatic heterocycles. The van der Waals surface area contributed by atoms with Gasteiger partial charge in [0.2, 0.25) is 0 Å². The quantitative estimate of drug-likeness (QED) is 0.674. The Morgan fingerprint density at radius 3 is 2.56 bits per heavy atom. The van der Waals surface area contributed by atoms with Crippen molar-refractivity contribution in [2.75, 3.05) is 13.1 Å². The molecule has 4 nitrogen and oxygen atoms in total. The van der Waals surface area contributed by atoms with Crippen LogP contribution >= 0.6 is 0 Å². The average Bonchev–Trinajstić information content (AvgIpc) is 2.65. The summed E-state index contributed by atoms with van der Waals surface area (Å²) in [4.78, 5) is 19.2. The Hall–Kier alpha value is -3.19. The van der Waals surface area contributed by atoms with Crippen LogP contribution in [-0.2, 0) is 0 Å². The highest BCUT2D eigenvalue weighted by Crippen LogP contribution is 2.26. The molecular formula is C21H19N3O. The number of carbonyl (C=O) groups excluding carboxylic acids is 1. The maximum Gasteiger partial charge on any atom is 0.255 e. The number of aromatic nitrogens is 1. The van der Waals surface area contributed by atoms with Gasteiger partial charge in [0.15, 0.2) is 0 Å². The van der Waals surface area contributed by atoms with Crippen LogP contribution in [0.4, 0.5) is 0 Å². The second-order valence-corrected chi connectivity index (χ2v) is 5.92. The molecule has 0 spiro atoms. The zero-order chi connectivity index (χ0) is 17.8. The lowest BCUT2D eigenvalue weighted by Crippen LogP contribution is -2.31. The normalized spacial score (nSPS) is 10.4. The molecule has 0 radical (unpaired) electrons. The first-order valence-corrected chi connectivity index (χ1v) is 8.27. The first-order chi connectivity index (χ1) is 12.1. The van der Waals surface area contributed by atoms with Crippen molar-refractivity contribution < 1.29 is 4.79 Å². The second-order valence-electron chi connectivity index (χ2n) is 5.92. The molecule has 0 bridgehead atoms. The van der Waals surface area contributed by atoms with Gasteiger partial charge in [-0.2, -0.15) is 5.26 Å². The largest absolute Gasteiger partial charge is 0.326 e. The second kappa shape index (κ2) is 7.14. The lowest BCUT2D eigenvalue weighted by molar-refractivity contribution is 0.0786. The molecule has 0 atom stereocenters. The Morgan fingerprint density at radius 1 is 1.16 bits per heavy atom. The standard InChI is InChI=1S/C21H19N3O/c1-3-24(13-12-22)21(25)18-14-20(16-10-8-15(2)9-11-16)23-19-7-5-4-6-17(18)19/h4-11,14H,3,13H2,1-2H3. The summed E-state index contributed by atoms with van der Waals surface area (Å²) in [5.41, 5.74) is 4.26. The van der Waals surface area contributed by atoms with Crippen molar-refractivity contribution in [3.63, 3.8) is 0 Å². The van der Waals surface area contributed by atoms with Crippen LogP contribution < -0.4 is 0 Å². The summed E-state index contributed by atoms with van der Waals surface area (Å²) in [7, 11) is 0. The van der Waals surface area contributed by atoms with E-state index in [1.165, 1.54) is 5.56 Å². The van der Waals surface area contributed by atoms with Crippen LogP contribution in [0.25, 0.3) is 22.2 Å². The van der Waals surface area contributed by atoms with E-state index in [1.54, 1.807) is 4.90 Å². The van der Waals surface area contributed by atoms with Crippen molar-refractivity contribution in [1.29, 1.82) is 5.26 Å². The van der Waals surface area contributed by atoms with Crippen LogP contribution in [0.2, 0.25) is 0 Å². The molecule has 1 heterocycles. The van der Waals surface area contributed by atoms with E-state index in [-0.39, 0.29) is 12.5 Å². The van der Waals surface area contributed by atoms with Gasteiger partial charge in [0.25, 0.3) is 5.91 Å². The molecule has 124 valence electrons. The molecule has 0 aliphatic rings. The van der Waals surface area contributed by atoms with E-state index in [1.807, 2.05) is 68.4 Å². The summed E-state index contributed by atoms with van der Waals surface area (Å²) >= 11 is 0. The predicted molar refractivity (Wildman–Crippen MR) is 99.1 cm³/mol. The van der Waals surface area contributed by atoms with Gasteiger partial charge in [0.1, 0.15) is 6.54 Å². The minimum Gasteiger partial charge on any atom is -0.326 e. The fraction of sp³-hybridized carbons (Fsp3) is 0.190. The van der Waals surface area contributed by atoms with Gasteiger partial charge in [0.05, 0.1) is 22.8 Å². The lowest BCUT2D eigenvalue weighted by Gasteiger charge is -2.19. The van der Waals surface area contributed by atoms with Crippen LogP contribution in [-0.4, -0.2) is 28.9 Å². The molecule has 1 aromatic heterocycles. The van der Waals surface area contributed by atoms with Crippen LogP contribution in [0.3, 0.4) is 0 Å². The van der Waals surface area contributed by atoms with E-state index >= 15 is 0 Å².